The number of guanidine groups is 1. The van der Waals surface area contributed by atoms with Crippen LogP contribution in [0, 0.1) is 0 Å². The Morgan fingerprint density at radius 1 is 1.03 bits per heavy atom. The van der Waals surface area contributed by atoms with Crippen molar-refractivity contribution in [3.63, 3.8) is 0 Å². The Hall–Kier alpha value is -3.22. The SMILES string of the molecule is CCOc1ccc(OCC)c(NC(N)=NCc2ccc(C(=O)N3CCCCC3)cc2)c1. The number of hydrogen-bond donors (Lipinski definition) is 2. The van der Waals surface area contributed by atoms with Crippen molar-refractivity contribution < 1.29 is 14.3 Å². The number of nitrogens with two attached hydrogens (primary N) is 1. The van der Waals surface area contributed by atoms with Crippen molar-refractivity contribution in [3.05, 3.63) is 53.6 Å². The average Bonchev–Trinajstić information content (AvgIpc) is 2.80. The molecule has 0 saturated carbocycles. The zero-order valence-corrected chi connectivity index (χ0v) is 18.4. The monoisotopic (exact) mass is 424 g/mol. The van der Waals surface area contributed by atoms with E-state index in [4.69, 9.17) is 15.2 Å². The number of amides is 1. The van der Waals surface area contributed by atoms with E-state index in [0.717, 1.165) is 42.8 Å². The number of aliphatic imine (C=N–C) groups is 1. The van der Waals surface area contributed by atoms with Gasteiger partial charge in [0, 0.05) is 24.7 Å². The van der Waals surface area contributed by atoms with E-state index in [0.29, 0.717) is 31.2 Å². The molecule has 0 aliphatic carbocycles. The fourth-order valence-corrected chi connectivity index (χ4v) is 3.53. The quantitative estimate of drug-likeness (QED) is 0.493. The van der Waals surface area contributed by atoms with Crippen LogP contribution in [0.15, 0.2) is 47.5 Å². The highest BCUT2D eigenvalue weighted by molar-refractivity contribution is 5.95. The van der Waals surface area contributed by atoms with Crippen LogP contribution in [-0.2, 0) is 6.54 Å². The number of anilines is 1. The maximum atomic E-state index is 12.6. The molecule has 0 aromatic heterocycles. The average molecular weight is 425 g/mol. The second kappa shape index (κ2) is 11.2. The number of likely N-dealkylation sites (tertiary alicyclic amines) is 1. The summed E-state index contributed by atoms with van der Waals surface area (Å²) in [4.78, 5) is 18.9. The summed E-state index contributed by atoms with van der Waals surface area (Å²) in [5.74, 6) is 1.80. The van der Waals surface area contributed by atoms with Crippen LogP contribution < -0.4 is 20.5 Å². The molecule has 1 fully saturated rings. The Balaban J connectivity index is 1.62. The molecule has 0 spiro atoms. The van der Waals surface area contributed by atoms with Crippen LogP contribution in [0.1, 0.15) is 49.0 Å². The van der Waals surface area contributed by atoms with Crippen molar-refractivity contribution >= 4 is 17.6 Å². The van der Waals surface area contributed by atoms with Crippen LogP contribution in [0.2, 0.25) is 0 Å². The smallest absolute Gasteiger partial charge is 0.253 e. The first-order chi connectivity index (χ1) is 15.1. The molecular formula is C24H32N4O3. The summed E-state index contributed by atoms with van der Waals surface area (Å²) in [5.41, 5.74) is 8.50. The minimum Gasteiger partial charge on any atom is -0.494 e. The lowest BCUT2D eigenvalue weighted by Gasteiger charge is -2.26. The van der Waals surface area contributed by atoms with Gasteiger partial charge >= 0.3 is 0 Å². The van der Waals surface area contributed by atoms with Crippen LogP contribution in [0.25, 0.3) is 0 Å². The van der Waals surface area contributed by atoms with Crippen LogP contribution in [0.3, 0.4) is 0 Å². The van der Waals surface area contributed by atoms with Crippen LogP contribution in [0.5, 0.6) is 11.5 Å². The molecule has 3 rings (SSSR count). The highest BCUT2D eigenvalue weighted by Gasteiger charge is 2.17. The van der Waals surface area contributed by atoms with E-state index in [-0.39, 0.29) is 11.9 Å². The van der Waals surface area contributed by atoms with E-state index in [1.165, 1.54) is 6.42 Å². The van der Waals surface area contributed by atoms with Gasteiger partial charge in [-0.15, -0.1) is 0 Å². The molecule has 3 N–H and O–H groups in total. The van der Waals surface area contributed by atoms with Crippen molar-refractivity contribution in [2.24, 2.45) is 10.7 Å². The molecule has 0 bridgehead atoms. The van der Waals surface area contributed by atoms with Gasteiger partial charge < -0.3 is 25.4 Å². The van der Waals surface area contributed by atoms with E-state index < -0.39 is 0 Å². The standard InChI is InChI=1S/C24H32N4O3/c1-3-30-20-12-13-22(31-4-2)21(16-20)27-24(25)26-17-18-8-10-19(11-9-18)23(29)28-14-6-5-7-15-28/h8-13,16H,3-7,14-15,17H2,1-2H3,(H3,25,26,27). The molecule has 1 aliphatic rings. The second-order valence-corrected chi connectivity index (χ2v) is 7.40. The van der Waals surface area contributed by atoms with Gasteiger partial charge in [-0.25, -0.2) is 4.99 Å². The summed E-state index contributed by atoms with van der Waals surface area (Å²) >= 11 is 0. The molecule has 1 aliphatic heterocycles. The second-order valence-electron chi connectivity index (χ2n) is 7.40. The predicted molar refractivity (Wildman–Crippen MR) is 124 cm³/mol. The third kappa shape index (κ3) is 6.38. The van der Waals surface area contributed by atoms with Gasteiger partial charge in [-0.3, -0.25) is 4.79 Å². The molecule has 0 atom stereocenters. The highest BCUT2D eigenvalue weighted by atomic mass is 16.5. The number of rotatable bonds is 8. The molecule has 1 heterocycles. The van der Waals surface area contributed by atoms with E-state index >= 15 is 0 Å². The van der Waals surface area contributed by atoms with Gasteiger partial charge in [-0.1, -0.05) is 12.1 Å². The lowest BCUT2D eigenvalue weighted by molar-refractivity contribution is 0.0724. The molecule has 1 saturated heterocycles. The molecule has 31 heavy (non-hydrogen) atoms. The van der Waals surface area contributed by atoms with Gasteiger partial charge in [-0.05, 0) is 62.9 Å². The van der Waals surface area contributed by atoms with Crippen LogP contribution >= 0.6 is 0 Å². The van der Waals surface area contributed by atoms with Gasteiger partial charge in [0.1, 0.15) is 11.5 Å². The molecular weight excluding hydrogens is 392 g/mol. The fraction of sp³-hybridized carbons (Fsp3) is 0.417. The third-order valence-electron chi connectivity index (χ3n) is 5.10. The Morgan fingerprint density at radius 3 is 2.42 bits per heavy atom. The number of piperidine rings is 1. The first kappa shape index (κ1) is 22.5. The van der Waals surface area contributed by atoms with Gasteiger partial charge in [0.25, 0.3) is 5.91 Å². The normalized spacial score (nSPS) is 14.3. The lowest BCUT2D eigenvalue weighted by atomic mass is 10.1. The molecule has 2 aromatic carbocycles. The van der Waals surface area contributed by atoms with Crippen molar-refractivity contribution in [2.45, 2.75) is 39.7 Å². The number of ether oxygens (including phenoxy) is 2. The maximum Gasteiger partial charge on any atom is 0.253 e. The first-order valence-corrected chi connectivity index (χ1v) is 11.0. The number of carbonyl (C=O) groups is 1. The Morgan fingerprint density at radius 2 is 1.74 bits per heavy atom. The van der Waals surface area contributed by atoms with E-state index in [9.17, 15) is 4.79 Å². The molecule has 166 valence electrons. The summed E-state index contributed by atoms with van der Waals surface area (Å²) < 4.78 is 11.2. The minimum atomic E-state index is 0.105. The largest absolute Gasteiger partial charge is 0.494 e. The first-order valence-electron chi connectivity index (χ1n) is 11.0. The number of nitrogens with one attached hydrogen (secondary N) is 1. The Bertz CT molecular complexity index is 890. The molecule has 7 heteroatoms. The molecule has 0 unspecified atom stereocenters. The number of carbonyl (C=O) groups excluding carboxylic acids is 1. The molecule has 1 amide bonds. The summed E-state index contributed by atoms with van der Waals surface area (Å²) in [6.07, 6.45) is 3.38. The lowest BCUT2D eigenvalue weighted by Crippen LogP contribution is -2.35. The summed E-state index contributed by atoms with van der Waals surface area (Å²) in [6, 6.07) is 13.1. The zero-order valence-electron chi connectivity index (χ0n) is 18.4. The summed E-state index contributed by atoms with van der Waals surface area (Å²) in [5, 5.41) is 3.10. The van der Waals surface area contributed by atoms with E-state index in [1.54, 1.807) is 0 Å². The Labute approximate surface area is 184 Å². The van der Waals surface area contributed by atoms with Gasteiger partial charge in [-0.2, -0.15) is 0 Å². The van der Waals surface area contributed by atoms with Crippen molar-refractivity contribution in [3.8, 4) is 11.5 Å². The van der Waals surface area contributed by atoms with Gasteiger partial charge in [0.05, 0.1) is 25.4 Å². The summed E-state index contributed by atoms with van der Waals surface area (Å²) in [7, 11) is 0. The molecule has 0 radical (unpaired) electrons. The minimum absolute atomic E-state index is 0.105. The molecule has 2 aromatic rings. The third-order valence-corrected chi connectivity index (χ3v) is 5.10. The van der Waals surface area contributed by atoms with E-state index in [1.807, 2.05) is 61.2 Å². The number of hydrogen-bond acceptors (Lipinski definition) is 4. The fourth-order valence-electron chi connectivity index (χ4n) is 3.53. The van der Waals surface area contributed by atoms with Gasteiger partial charge in [0.15, 0.2) is 5.96 Å². The van der Waals surface area contributed by atoms with E-state index in [2.05, 4.69) is 10.3 Å². The van der Waals surface area contributed by atoms with Crippen molar-refractivity contribution in [2.75, 3.05) is 31.6 Å². The highest BCUT2D eigenvalue weighted by Crippen LogP contribution is 2.29. The summed E-state index contributed by atoms with van der Waals surface area (Å²) in [6.45, 7) is 7.09. The predicted octanol–water partition coefficient (Wildman–Crippen LogP) is 4.04. The Kier molecular flexibility index (Phi) is 8.15. The molecule has 7 nitrogen and oxygen atoms in total. The number of benzene rings is 2. The van der Waals surface area contributed by atoms with Crippen molar-refractivity contribution in [1.82, 2.24) is 4.90 Å². The van der Waals surface area contributed by atoms with Crippen LogP contribution in [-0.4, -0.2) is 43.1 Å². The topological polar surface area (TPSA) is 89.2 Å². The van der Waals surface area contributed by atoms with Crippen LogP contribution in [0.4, 0.5) is 5.69 Å². The maximum absolute atomic E-state index is 12.6. The number of nitrogens with zero attached hydrogens (tertiary/aromatic N) is 2. The van der Waals surface area contributed by atoms with Gasteiger partial charge in [0.2, 0.25) is 0 Å². The zero-order chi connectivity index (χ0) is 22.1. The van der Waals surface area contributed by atoms with Crippen molar-refractivity contribution in [1.29, 1.82) is 0 Å².